The Morgan fingerprint density at radius 2 is 1.76 bits per heavy atom. The molecule has 1 saturated heterocycles. The Kier molecular flexibility index (Phi) is 6.79. The molecule has 1 fully saturated rings. The van der Waals surface area contributed by atoms with Gasteiger partial charge in [0.2, 0.25) is 0 Å². The molecule has 1 N–H and O–H groups in total. The second kappa shape index (κ2) is 9.93. The zero-order valence-electron chi connectivity index (χ0n) is 18.5. The summed E-state index contributed by atoms with van der Waals surface area (Å²) in [5.74, 6) is -0.506. The molecule has 34 heavy (non-hydrogen) atoms. The smallest absolute Gasteiger partial charge is 0.335 e. The predicted octanol–water partition coefficient (Wildman–Crippen LogP) is 5.01. The Bertz CT molecular complexity index is 1300. The Balaban J connectivity index is 1.68. The summed E-state index contributed by atoms with van der Waals surface area (Å²) in [6.45, 7) is 2.28. The van der Waals surface area contributed by atoms with Crippen molar-refractivity contribution in [1.82, 2.24) is 5.32 Å². The van der Waals surface area contributed by atoms with Crippen LogP contribution in [0.1, 0.15) is 16.7 Å². The Morgan fingerprint density at radius 3 is 2.47 bits per heavy atom. The van der Waals surface area contributed by atoms with Gasteiger partial charge in [0.05, 0.1) is 12.8 Å². The highest BCUT2D eigenvalue weighted by atomic mass is 79.9. The molecular weight excluding hydrogens is 500 g/mol. The number of hydrogen-bond donors (Lipinski definition) is 1. The lowest BCUT2D eigenvalue weighted by Gasteiger charge is -2.26. The molecule has 0 saturated carbocycles. The van der Waals surface area contributed by atoms with Crippen molar-refractivity contribution in [2.75, 3.05) is 12.0 Å². The SMILES string of the molecule is COc1ccc(/C=C2\C(=O)NC(=O)N(c3ccc(Br)cc3)C2=O)c(OCc2cccc(C)c2)c1. The quantitative estimate of drug-likeness (QED) is 0.364. The van der Waals surface area contributed by atoms with Crippen LogP contribution in [0.2, 0.25) is 0 Å². The summed E-state index contributed by atoms with van der Waals surface area (Å²) < 4.78 is 12.1. The van der Waals surface area contributed by atoms with Crippen LogP contribution in [-0.4, -0.2) is 25.0 Å². The summed E-state index contributed by atoms with van der Waals surface area (Å²) in [5.41, 5.74) is 2.73. The zero-order chi connectivity index (χ0) is 24.2. The molecule has 1 aliphatic heterocycles. The number of nitrogens with one attached hydrogen (secondary N) is 1. The number of ether oxygens (including phenoxy) is 2. The molecule has 8 heteroatoms. The number of anilines is 1. The number of benzene rings is 3. The minimum Gasteiger partial charge on any atom is -0.497 e. The van der Waals surface area contributed by atoms with E-state index >= 15 is 0 Å². The predicted molar refractivity (Wildman–Crippen MR) is 132 cm³/mol. The first-order chi connectivity index (χ1) is 16.4. The number of amides is 4. The van der Waals surface area contributed by atoms with Gasteiger partial charge >= 0.3 is 6.03 Å². The van der Waals surface area contributed by atoms with Gasteiger partial charge in [-0.3, -0.25) is 14.9 Å². The van der Waals surface area contributed by atoms with Gasteiger partial charge in [0.25, 0.3) is 11.8 Å². The molecule has 0 bridgehead atoms. The molecule has 1 heterocycles. The third kappa shape index (κ3) is 5.02. The number of hydrogen-bond acceptors (Lipinski definition) is 5. The van der Waals surface area contributed by atoms with Crippen molar-refractivity contribution in [3.63, 3.8) is 0 Å². The molecule has 3 aromatic carbocycles. The Morgan fingerprint density at radius 1 is 1.00 bits per heavy atom. The Labute approximate surface area is 205 Å². The summed E-state index contributed by atoms with van der Waals surface area (Å²) in [6, 6.07) is 18.8. The first kappa shape index (κ1) is 23.3. The molecule has 7 nitrogen and oxygen atoms in total. The van der Waals surface area contributed by atoms with Gasteiger partial charge in [-0.2, -0.15) is 0 Å². The topological polar surface area (TPSA) is 84.9 Å². The number of rotatable bonds is 6. The van der Waals surface area contributed by atoms with Crippen LogP contribution >= 0.6 is 15.9 Å². The van der Waals surface area contributed by atoms with Crippen molar-refractivity contribution in [2.24, 2.45) is 0 Å². The molecule has 0 aliphatic carbocycles. The number of aryl methyl sites for hydroxylation is 1. The number of halogens is 1. The highest BCUT2D eigenvalue weighted by Gasteiger charge is 2.37. The number of barbiturate groups is 1. The van der Waals surface area contributed by atoms with E-state index in [2.05, 4.69) is 21.2 Å². The Hall–Kier alpha value is -3.91. The number of carbonyl (C=O) groups is 3. The van der Waals surface area contributed by atoms with E-state index in [1.54, 1.807) is 42.5 Å². The maximum absolute atomic E-state index is 13.2. The van der Waals surface area contributed by atoms with E-state index in [1.807, 2.05) is 31.2 Å². The van der Waals surface area contributed by atoms with E-state index in [9.17, 15) is 14.4 Å². The summed E-state index contributed by atoms with van der Waals surface area (Å²) in [7, 11) is 1.54. The van der Waals surface area contributed by atoms with E-state index in [4.69, 9.17) is 9.47 Å². The second-order valence-corrected chi connectivity index (χ2v) is 8.53. The van der Waals surface area contributed by atoms with E-state index in [1.165, 1.54) is 13.2 Å². The monoisotopic (exact) mass is 520 g/mol. The van der Waals surface area contributed by atoms with Crippen LogP contribution in [-0.2, 0) is 16.2 Å². The number of nitrogens with zero attached hydrogens (tertiary/aromatic N) is 1. The second-order valence-electron chi connectivity index (χ2n) is 7.62. The van der Waals surface area contributed by atoms with Gasteiger partial charge in [-0.15, -0.1) is 0 Å². The molecular formula is C26H21BrN2O5. The standard InChI is InChI=1S/C26H21BrN2O5/c1-16-4-3-5-17(12-16)15-34-23-14-21(33-2)11-6-18(23)13-22-24(30)28-26(32)29(25(22)31)20-9-7-19(27)8-10-20/h3-14H,15H2,1-2H3,(H,28,30,32)/b22-13+. The van der Waals surface area contributed by atoms with Crippen molar-refractivity contribution in [3.05, 3.63) is 93.5 Å². The van der Waals surface area contributed by atoms with Crippen LogP contribution in [0.25, 0.3) is 6.08 Å². The van der Waals surface area contributed by atoms with Crippen LogP contribution in [0, 0.1) is 6.92 Å². The molecule has 0 aromatic heterocycles. The number of imide groups is 2. The molecule has 0 radical (unpaired) electrons. The van der Waals surface area contributed by atoms with Gasteiger partial charge in [0.15, 0.2) is 0 Å². The molecule has 0 atom stereocenters. The zero-order valence-corrected chi connectivity index (χ0v) is 20.1. The van der Waals surface area contributed by atoms with Gasteiger partial charge in [-0.1, -0.05) is 45.8 Å². The molecule has 1 aliphatic rings. The maximum atomic E-state index is 13.2. The van der Waals surface area contributed by atoms with Crippen molar-refractivity contribution < 1.29 is 23.9 Å². The van der Waals surface area contributed by atoms with Crippen LogP contribution in [0.3, 0.4) is 0 Å². The maximum Gasteiger partial charge on any atom is 0.335 e. The number of urea groups is 1. The van der Waals surface area contributed by atoms with Crippen molar-refractivity contribution in [2.45, 2.75) is 13.5 Å². The van der Waals surface area contributed by atoms with E-state index in [0.29, 0.717) is 22.7 Å². The lowest BCUT2D eigenvalue weighted by Crippen LogP contribution is -2.54. The molecule has 4 rings (SSSR count). The summed E-state index contributed by atoms with van der Waals surface area (Å²) in [4.78, 5) is 39.1. The van der Waals surface area contributed by atoms with Crippen LogP contribution in [0.5, 0.6) is 11.5 Å². The van der Waals surface area contributed by atoms with Gasteiger partial charge < -0.3 is 9.47 Å². The molecule has 172 valence electrons. The highest BCUT2D eigenvalue weighted by Crippen LogP contribution is 2.30. The highest BCUT2D eigenvalue weighted by molar-refractivity contribution is 9.10. The molecule has 0 spiro atoms. The van der Waals surface area contributed by atoms with Crippen molar-refractivity contribution in [3.8, 4) is 11.5 Å². The summed E-state index contributed by atoms with van der Waals surface area (Å²) >= 11 is 3.33. The lowest BCUT2D eigenvalue weighted by molar-refractivity contribution is -0.122. The van der Waals surface area contributed by atoms with Crippen molar-refractivity contribution >= 4 is 45.5 Å². The van der Waals surface area contributed by atoms with E-state index in [-0.39, 0.29) is 12.2 Å². The van der Waals surface area contributed by atoms with Gasteiger partial charge in [0, 0.05) is 16.1 Å². The van der Waals surface area contributed by atoms with Gasteiger partial charge in [-0.25, -0.2) is 9.69 Å². The van der Waals surface area contributed by atoms with Gasteiger partial charge in [-0.05, 0) is 55.0 Å². The lowest BCUT2D eigenvalue weighted by atomic mass is 10.1. The number of methoxy groups -OCH3 is 1. The van der Waals surface area contributed by atoms with Gasteiger partial charge in [0.1, 0.15) is 23.7 Å². The average Bonchev–Trinajstić information content (AvgIpc) is 2.82. The molecule has 4 amide bonds. The van der Waals surface area contributed by atoms with Crippen LogP contribution in [0.4, 0.5) is 10.5 Å². The summed E-state index contributed by atoms with van der Waals surface area (Å²) in [6.07, 6.45) is 1.42. The van der Waals surface area contributed by atoms with Crippen LogP contribution in [0.15, 0.2) is 76.8 Å². The minimum absolute atomic E-state index is 0.187. The van der Waals surface area contributed by atoms with Crippen LogP contribution < -0.4 is 19.7 Å². The number of carbonyl (C=O) groups excluding carboxylic acids is 3. The van der Waals surface area contributed by atoms with E-state index < -0.39 is 17.8 Å². The van der Waals surface area contributed by atoms with E-state index in [0.717, 1.165) is 20.5 Å². The largest absolute Gasteiger partial charge is 0.497 e. The van der Waals surface area contributed by atoms with Crippen molar-refractivity contribution in [1.29, 1.82) is 0 Å². The third-order valence-corrected chi connectivity index (χ3v) is 5.71. The fraction of sp³-hybridized carbons (Fsp3) is 0.115. The summed E-state index contributed by atoms with van der Waals surface area (Å²) in [5, 5.41) is 2.23. The fourth-order valence-electron chi connectivity index (χ4n) is 3.49. The normalized spacial score (nSPS) is 14.9. The first-order valence-electron chi connectivity index (χ1n) is 10.4. The first-order valence-corrected chi connectivity index (χ1v) is 11.2. The minimum atomic E-state index is -0.805. The third-order valence-electron chi connectivity index (χ3n) is 5.18. The fourth-order valence-corrected chi connectivity index (χ4v) is 3.75. The molecule has 3 aromatic rings. The molecule has 0 unspecified atom stereocenters. The average molecular weight is 521 g/mol.